The number of non-ortho nitro benzene ring substituents is 1. The molecule has 148 valence electrons. The van der Waals surface area contributed by atoms with Gasteiger partial charge >= 0.3 is 5.97 Å². The van der Waals surface area contributed by atoms with Gasteiger partial charge in [-0.1, -0.05) is 12.1 Å². The second-order valence-corrected chi connectivity index (χ2v) is 7.18. The molecule has 8 heteroatoms. The van der Waals surface area contributed by atoms with E-state index in [4.69, 9.17) is 4.74 Å². The maximum absolute atomic E-state index is 12.7. The fraction of sp³-hybridized carbons (Fsp3) is 0.286. The molecule has 2 aromatic rings. The lowest BCUT2D eigenvalue weighted by Crippen LogP contribution is -2.44. The monoisotopic (exact) mass is 394 g/mol. The Kier molecular flexibility index (Phi) is 4.84. The normalized spacial score (nSPS) is 21.0. The Balaban J connectivity index is 1.44. The van der Waals surface area contributed by atoms with E-state index < -0.39 is 17.0 Å². The second-order valence-electron chi connectivity index (χ2n) is 7.18. The highest BCUT2D eigenvalue weighted by Crippen LogP contribution is 2.32. The molecule has 8 nitrogen and oxygen atoms in total. The number of ether oxygens (including phenoxy) is 1. The van der Waals surface area contributed by atoms with Crippen molar-refractivity contribution in [2.24, 2.45) is 0 Å². The Morgan fingerprint density at radius 3 is 2.21 bits per heavy atom. The SMILES string of the molecule is O=C(O[C@@H]1CCC[C@@H](N2C(=O)c3ccccc3C2=O)C1)c1ccc([N+](=O)[O-])cc1. The van der Waals surface area contributed by atoms with Gasteiger partial charge in [0.2, 0.25) is 0 Å². The molecule has 0 spiro atoms. The largest absolute Gasteiger partial charge is 0.459 e. The lowest BCUT2D eigenvalue weighted by molar-refractivity contribution is -0.384. The van der Waals surface area contributed by atoms with Gasteiger partial charge in [0.05, 0.1) is 21.6 Å². The highest BCUT2D eigenvalue weighted by atomic mass is 16.6. The van der Waals surface area contributed by atoms with Crippen LogP contribution in [0.25, 0.3) is 0 Å². The summed E-state index contributed by atoms with van der Waals surface area (Å²) >= 11 is 0. The standard InChI is InChI=1S/C21H18N2O6/c24-19-17-6-1-2-7-18(17)20(25)22(19)15-4-3-5-16(12-15)29-21(26)13-8-10-14(11-9-13)23(27)28/h1-2,6-11,15-16H,3-5,12H2/t15-,16-/m1/s1. The van der Waals surface area contributed by atoms with Gasteiger partial charge in [-0.05, 0) is 43.5 Å². The Labute approximate surface area is 166 Å². The summed E-state index contributed by atoms with van der Waals surface area (Å²) in [5, 5.41) is 10.7. The van der Waals surface area contributed by atoms with Crippen LogP contribution in [0.1, 0.15) is 56.8 Å². The van der Waals surface area contributed by atoms with Gasteiger partial charge in [-0.15, -0.1) is 0 Å². The van der Waals surface area contributed by atoms with Gasteiger partial charge in [0.15, 0.2) is 0 Å². The third-order valence-corrected chi connectivity index (χ3v) is 5.38. The Bertz CT molecular complexity index is 965. The van der Waals surface area contributed by atoms with Crippen molar-refractivity contribution in [1.29, 1.82) is 0 Å². The van der Waals surface area contributed by atoms with Crippen LogP contribution in [0.15, 0.2) is 48.5 Å². The maximum atomic E-state index is 12.7. The van der Waals surface area contributed by atoms with Crippen molar-refractivity contribution in [2.75, 3.05) is 0 Å². The van der Waals surface area contributed by atoms with Crippen molar-refractivity contribution in [1.82, 2.24) is 4.90 Å². The average Bonchev–Trinajstić information content (AvgIpc) is 2.99. The molecule has 1 aliphatic heterocycles. The number of hydrogen-bond donors (Lipinski definition) is 0. The fourth-order valence-corrected chi connectivity index (χ4v) is 3.94. The number of fused-ring (bicyclic) bond motifs is 1. The molecule has 2 aliphatic rings. The molecule has 1 aliphatic carbocycles. The minimum atomic E-state index is -0.576. The van der Waals surface area contributed by atoms with Crippen molar-refractivity contribution in [3.05, 3.63) is 75.3 Å². The van der Waals surface area contributed by atoms with Gasteiger partial charge in [-0.2, -0.15) is 0 Å². The molecule has 0 unspecified atom stereocenters. The van der Waals surface area contributed by atoms with E-state index in [2.05, 4.69) is 0 Å². The first-order valence-corrected chi connectivity index (χ1v) is 9.38. The van der Waals surface area contributed by atoms with Crippen molar-refractivity contribution < 1.29 is 24.0 Å². The van der Waals surface area contributed by atoms with E-state index in [0.717, 1.165) is 6.42 Å². The smallest absolute Gasteiger partial charge is 0.338 e. The molecule has 1 fully saturated rings. The van der Waals surface area contributed by atoms with Crippen LogP contribution in [0.5, 0.6) is 0 Å². The number of amides is 2. The molecule has 2 amide bonds. The number of carbonyl (C=O) groups excluding carboxylic acids is 3. The molecule has 0 bridgehead atoms. The number of nitro benzene ring substituents is 1. The van der Waals surface area contributed by atoms with E-state index >= 15 is 0 Å². The number of nitrogens with zero attached hydrogens (tertiary/aromatic N) is 2. The van der Waals surface area contributed by atoms with Crippen LogP contribution < -0.4 is 0 Å². The molecule has 0 radical (unpaired) electrons. The second kappa shape index (κ2) is 7.46. The number of hydrogen-bond acceptors (Lipinski definition) is 6. The van der Waals surface area contributed by atoms with E-state index in [-0.39, 0.29) is 29.1 Å². The predicted octanol–water partition coefficient (Wildman–Crippen LogP) is 3.36. The van der Waals surface area contributed by atoms with Gasteiger partial charge in [0.1, 0.15) is 6.10 Å². The minimum absolute atomic E-state index is 0.107. The Morgan fingerprint density at radius 2 is 1.62 bits per heavy atom. The number of rotatable bonds is 4. The van der Waals surface area contributed by atoms with Crippen LogP contribution in [-0.4, -0.2) is 39.8 Å². The Morgan fingerprint density at radius 1 is 1.00 bits per heavy atom. The molecule has 1 heterocycles. The highest BCUT2D eigenvalue weighted by molar-refractivity contribution is 6.21. The zero-order valence-corrected chi connectivity index (χ0v) is 15.4. The number of carbonyl (C=O) groups is 3. The molecule has 1 saturated carbocycles. The summed E-state index contributed by atoms with van der Waals surface area (Å²) in [5.74, 6) is -1.19. The molecule has 0 saturated heterocycles. The molecule has 2 atom stereocenters. The van der Waals surface area contributed by atoms with E-state index in [9.17, 15) is 24.5 Å². The minimum Gasteiger partial charge on any atom is -0.459 e. The number of nitro groups is 1. The molecule has 29 heavy (non-hydrogen) atoms. The molecule has 4 rings (SSSR count). The van der Waals surface area contributed by atoms with Crippen LogP contribution in [-0.2, 0) is 4.74 Å². The first-order chi connectivity index (χ1) is 14.0. The quantitative estimate of drug-likeness (QED) is 0.341. The van der Waals surface area contributed by atoms with Gasteiger partial charge in [-0.25, -0.2) is 4.79 Å². The van der Waals surface area contributed by atoms with Crippen molar-refractivity contribution >= 4 is 23.5 Å². The van der Waals surface area contributed by atoms with Crippen LogP contribution in [0.3, 0.4) is 0 Å². The van der Waals surface area contributed by atoms with Gasteiger partial charge < -0.3 is 4.74 Å². The van der Waals surface area contributed by atoms with Crippen molar-refractivity contribution in [3.63, 3.8) is 0 Å². The highest BCUT2D eigenvalue weighted by Gasteiger charge is 2.41. The summed E-state index contributed by atoms with van der Waals surface area (Å²) in [6, 6.07) is 11.6. The van der Waals surface area contributed by atoms with Gasteiger partial charge in [-0.3, -0.25) is 24.6 Å². The fourth-order valence-electron chi connectivity index (χ4n) is 3.94. The number of esters is 1. The zero-order chi connectivity index (χ0) is 20.5. The lowest BCUT2D eigenvalue weighted by atomic mass is 9.91. The average molecular weight is 394 g/mol. The number of benzene rings is 2. The van der Waals surface area contributed by atoms with E-state index in [1.54, 1.807) is 24.3 Å². The molecular formula is C21H18N2O6. The summed E-state index contributed by atoms with van der Waals surface area (Å²) in [4.78, 5) is 49.2. The first-order valence-electron chi connectivity index (χ1n) is 9.38. The third-order valence-electron chi connectivity index (χ3n) is 5.38. The van der Waals surface area contributed by atoms with Crippen LogP contribution in [0, 0.1) is 10.1 Å². The zero-order valence-electron chi connectivity index (χ0n) is 15.4. The van der Waals surface area contributed by atoms with Crippen LogP contribution in [0.4, 0.5) is 5.69 Å². The summed E-state index contributed by atoms with van der Waals surface area (Å²) in [6.07, 6.45) is 1.97. The Hall–Kier alpha value is -3.55. The number of imide groups is 1. The first kappa shape index (κ1) is 18.8. The van der Waals surface area contributed by atoms with Crippen molar-refractivity contribution in [3.8, 4) is 0 Å². The summed E-state index contributed by atoms with van der Waals surface area (Å²) in [5.41, 5.74) is 0.924. The van der Waals surface area contributed by atoms with Crippen LogP contribution >= 0.6 is 0 Å². The van der Waals surface area contributed by atoms with E-state index in [0.29, 0.717) is 30.4 Å². The third kappa shape index (κ3) is 3.49. The molecular weight excluding hydrogens is 376 g/mol. The maximum Gasteiger partial charge on any atom is 0.338 e. The molecule has 2 aromatic carbocycles. The van der Waals surface area contributed by atoms with Gasteiger partial charge in [0.25, 0.3) is 17.5 Å². The van der Waals surface area contributed by atoms with E-state index in [1.807, 2.05) is 0 Å². The topological polar surface area (TPSA) is 107 Å². The van der Waals surface area contributed by atoms with Gasteiger partial charge in [0, 0.05) is 24.6 Å². The molecule has 0 aromatic heterocycles. The van der Waals surface area contributed by atoms with Crippen LogP contribution in [0.2, 0.25) is 0 Å². The summed E-state index contributed by atoms with van der Waals surface area (Å²) in [7, 11) is 0. The van der Waals surface area contributed by atoms with E-state index in [1.165, 1.54) is 29.2 Å². The van der Waals surface area contributed by atoms with Crippen molar-refractivity contribution in [2.45, 2.75) is 37.8 Å². The summed E-state index contributed by atoms with van der Waals surface area (Å²) in [6.45, 7) is 0. The predicted molar refractivity (Wildman–Crippen MR) is 101 cm³/mol. The molecule has 0 N–H and O–H groups in total. The lowest BCUT2D eigenvalue weighted by Gasteiger charge is -2.33. The summed E-state index contributed by atoms with van der Waals surface area (Å²) < 4.78 is 5.56.